The Labute approximate surface area is 231 Å². The Balaban J connectivity index is 1.38. The second-order valence-electron chi connectivity index (χ2n) is 12.1. The number of para-hydroxylation sites is 3. The summed E-state index contributed by atoms with van der Waals surface area (Å²) in [6, 6.07) is 37.0. The summed E-state index contributed by atoms with van der Waals surface area (Å²) in [5.41, 5.74) is 8.38. The minimum absolute atomic E-state index is 0.0738. The minimum atomic E-state index is -2.33. The molecular weight excluding hydrogens is 496 g/mol. The molecule has 0 spiro atoms. The average molecular weight is 525 g/mol. The van der Waals surface area contributed by atoms with Crippen molar-refractivity contribution in [1.82, 2.24) is 0 Å². The third-order valence-electron chi connectivity index (χ3n) is 8.80. The number of ether oxygens (including phenoxy) is 2. The van der Waals surface area contributed by atoms with Gasteiger partial charge in [0, 0.05) is 27.0 Å². The summed E-state index contributed by atoms with van der Waals surface area (Å²) in [5.74, 6) is 3.59. The summed E-state index contributed by atoms with van der Waals surface area (Å²) in [6.07, 6.45) is 7.41. The number of nitrogens with zero attached hydrogens (tertiary/aromatic N) is 1. The van der Waals surface area contributed by atoms with Crippen molar-refractivity contribution in [3.63, 3.8) is 0 Å². The molecule has 3 aliphatic heterocycles. The highest BCUT2D eigenvalue weighted by atomic mass is 32.3. The van der Waals surface area contributed by atoms with E-state index in [-0.39, 0.29) is 6.71 Å². The predicted molar refractivity (Wildman–Crippen MR) is 170 cm³/mol. The third-order valence-corrected chi connectivity index (χ3v) is 12.9. The molecule has 0 radical (unpaired) electrons. The van der Waals surface area contributed by atoms with Gasteiger partial charge >= 0.3 is 0 Å². The molecule has 3 heterocycles. The smallest absolute Gasteiger partial charge is 0.259 e. The lowest BCUT2D eigenvalue weighted by molar-refractivity contribution is 0.465. The van der Waals surface area contributed by atoms with Crippen molar-refractivity contribution >= 4 is 62.6 Å². The van der Waals surface area contributed by atoms with Crippen LogP contribution in [0.1, 0.15) is 0 Å². The molecule has 190 valence electrons. The van der Waals surface area contributed by atoms with Crippen LogP contribution in [0.25, 0.3) is 0 Å². The molecule has 0 saturated carbocycles. The van der Waals surface area contributed by atoms with E-state index in [0.717, 1.165) is 34.1 Å². The quantitative estimate of drug-likeness (QED) is 0.245. The van der Waals surface area contributed by atoms with Crippen LogP contribution in [0.4, 0.5) is 17.1 Å². The molecule has 0 fully saturated rings. The van der Waals surface area contributed by atoms with Gasteiger partial charge in [-0.25, -0.2) is 9.16 Å². The Bertz CT molecular complexity index is 1810. The van der Waals surface area contributed by atoms with Gasteiger partial charge in [-0.1, -0.05) is 54.0 Å². The van der Waals surface area contributed by atoms with E-state index in [0.29, 0.717) is 0 Å². The molecule has 6 heteroatoms. The number of anilines is 3. The highest BCUT2D eigenvalue weighted by Crippen LogP contribution is 2.79. The molecule has 0 aromatic heterocycles. The predicted octanol–water partition coefficient (Wildman–Crippen LogP) is 4.84. The molecule has 0 bridgehead atoms. The van der Waals surface area contributed by atoms with Crippen molar-refractivity contribution in [2.75, 3.05) is 23.7 Å². The van der Waals surface area contributed by atoms with Crippen LogP contribution < -0.4 is 36.2 Å². The number of fused-ring (bicyclic) bond motifs is 6. The van der Waals surface area contributed by atoms with Gasteiger partial charge in [0.25, 0.3) is 6.71 Å². The highest BCUT2D eigenvalue weighted by molar-refractivity contribution is 8.48. The van der Waals surface area contributed by atoms with Crippen molar-refractivity contribution in [2.24, 2.45) is 0 Å². The van der Waals surface area contributed by atoms with Crippen LogP contribution in [0.15, 0.2) is 113 Å². The lowest BCUT2D eigenvalue weighted by Crippen LogP contribution is -2.61. The summed E-state index contributed by atoms with van der Waals surface area (Å²) in [7, 11) is -0.113. The maximum absolute atomic E-state index is 6.69. The molecule has 8 rings (SSSR count). The van der Waals surface area contributed by atoms with Gasteiger partial charge in [-0.05, 0) is 78.2 Å². The normalized spacial score (nSPS) is 17.6. The average Bonchev–Trinajstić information content (AvgIpc) is 2.93. The van der Waals surface area contributed by atoms with Crippen molar-refractivity contribution in [3.05, 3.63) is 103 Å². The fraction of sp³-hybridized carbons (Fsp3) is 0.0909. The number of thiol groups is 1. The van der Waals surface area contributed by atoms with Gasteiger partial charge in [-0.2, -0.15) is 0 Å². The fourth-order valence-corrected chi connectivity index (χ4v) is 10.4. The largest absolute Gasteiger partial charge is 0.458 e. The molecule has 0 atom stereocenters. The molecule has 0 unspecified atom stereocenters. The first-order valence-electron chi connectivity index (χ1n) is 13.5. The van der Waals surface area contributed by atoms with Crippen LogP contribution in [0, 0.1) is 0 Å². The molecule has 5 aromatic carbocycles. The van der Waals surface area contributed by atoms with Crippen LogP contribution in [-0.2, 0) is 0 Å². The molecule has 0 amide bonds. The van der Waals surface area contributed by atoms with Crippen molar-refractivity contribution in [1.29, 1.82) is 0 Å². The van der Waals surface area contributed by atoms with Gasteiger partial charge in [0.15, 0.2) is 0 Å². The summed E-state index contributed by atoms with van der Waals surface area (Å²) >= 11 is 0. The maximum atomic E-state index is 6.69. The minimum Gasteiger partial charge on any atom is -0.458 e. The van der Waals surface area contributed by atoms with E-state index in [4.69, 9.17) is 9.47 Å². The highest BCUT2D eigenvalue weighted by Gasteiger charge is 2.43. The van der Waals surface area contributed by atoms with E-state index in [1.165, 1.54) is 37.6 Å². The van der Waals surface area contributed by atoms with Crippen molar-refractivity contribution in [3.8, 4) is 23.0 Å². The van der Waals surface area contributed by atoms with E-state index < -0.39 is 9.16 Å². The molecular formula is C33H29B2NO2S. The monoisotopic (exact) mass is 525 g/mol. The standard InChI is InChI=1S/C33H29B2NO2S/c1-39(2,3)30-17-8-5-12-24(30)36(25-13-6-9-18-31(25)39)21-19-22(34)32-29(20-21)38-28-16-10-15-27-33(28)35(32)23-11-4-7-14-26(23)37-27/h4-20,39H,34H2,1-3H3. The van der Waals surface area contributed by atoms with E-state index in [1.54, 1.807) is 0 Å². The first-order chi connectivity index (χ1) is 18.8. The first kappa shape index (κ1) is 22.9. The number of hydrogen-bond acceptors (Lipinski definition) is 3. The van der Waals surface area contributed by atoms with E-state index in [9.17, 15) is 0 Å². The van der Waals surface area contributed by atoms with Crippen molar-refractivity contribution in [2.45, 2.75) is 9.79 Å². The molecule has 5 aromatic rings. The molecule has 0 saturated heterocycles. The van der Waals surface area contributed by atoms with Gasteiger partial charge in [0.05, 0.1) is 11.4 Å². The Morgan fingerprint density at radius 3 is 1.87 bits per heavy atom. The Kier molecular flexibility index (Phi) is 4.43. The van der Waals surface area contributed by atoms with E-state index >= 15 is 0 Å². The number of rotatable bonds is 1. The zero-order chi connectivity index (χ0) is 26.5. The van der Waals surface area contributed by atoms with Crippen LogP contribution in [-0.4, -0.2) is 33.3 Å². The second kappa shape index (κ2) is 7.55. The summed E-state index contributed by atoms with van der Waals surface area (Å²) in [4.78, 5) is 5.31. The van der Waals surface area contributed by atoms with Gasteiger partial charge in [-0.3, -0.25) is 0 Å². The lowest BCUT2D eigenvalue weighted by Gasteiger charge is -2.58. The SMILES string of the molecule is Bc1cc(N2c3ccccc3[SH](C)(C)(C)c3ccccc32)cc2c1B1c3ccccc3Oc3cccc(c31)O2. The Morgan fingerprint density at radius 1 is 0.615 bits per heavy atom. The van der Waals surface area contributed by atoms with Crippen LogP contribution in [0.3, 0.4) is 0 Å². The molecule has 3 nitrogen and oxygen atoms in total. The van der Waals surface area contributed by atoms with E-state index in [1.807, 2.05) is 18.2 Å². The van der Waals surface area contributed by atoms with Gasteiger partial charge in [0.2, 0.25) is 0 Å². The van der Waals surface area contributed by atoms with Gasteiger partial charge in [0.1, 0.15) is 30.8 Å². The zero-order valence-corrected chi connectivity index (χ0v) is 23.5. The van der Waals surface area contributed by atoms with Crippen molar-refractivity contribution < 1.29 is 9.47 Å². The van der Waals surface area contributed by atoms with Crippen LogP contribution in [0.2, 0.25) is 0 Å². The first-order valence-corrected chi connectivity index (χ1v) is 17.1. The molecule has 0 aliphatic carbocycles. The van der Waals surface area contributed by atoms with Gasteiger partial charge < -0.3 is 14.4 Å². The molecule has 39 heavy (non-hydrogen) atoms. The van der Waals surface area contributed by atoms with E-state index in [2.05, 4.69) is 116 Å². The Hall–Kier alpha value is -4.02. The summed E-state index contributed by atoms with van der Waals surface area (Å²) in [6.45, 7) is 0.0738. The third kappa shape index (κ3) is 3.04. The number of benzene rings is 5. The van der Waals surface area contributed by atoms with Crippen LogP contribution in [0.5, 0.6) is 23.0 Å². The zero-order valence-electron chi connectivity index (χ0n) is 22.6. The van der Waals surface area contributed by atoms with Crippen LogP contribution >= 0.6 is 9.16 Å². The second-order valence-corrected chi connectivity index (χ2v) is 18.7. The molecule has 0 N–H and O–H groups in total. The topological polar surface area (TPSA) is 21.7 Å². The summed E-state index contributed by atoms with van der Waals surface area (Å²) in [5, 5.41) is 0. The number of hydrogen-bond donors (Lipinski definition) is 1. The van der Waals surface area contributed by atoms with Gasteiger partial charge in [-0.15, -0.1) is 0 Å². The fourth-order valence-electron chi connectivity index (χ4n) is 6.99. The lowest BCUT2D eigenvalue weighted by atomic mass is 9.33. The maximum Gasteiger partial charge on any atom is 0.259 e. The Morgan fingerprint density at radius 2 is 1.18 bits per heavy atom. The summed E-state index contributed by atoms with van der Waals surface area (Å²) < 4.78 is 13.0. The molecule has 3 aliphatic rings.